The lowest BCUT2D eigenvalue weighted by atomic mass is 10.2. The molecular weight excluding hydrogens is 410 g/mol. The summed E-state index contributed by atoms with van der Waals surface area (Å²) >= 11 is 0. The molecule has 29 heavy (non-hydrogen) atoms. The van der Waals surface area contributed by atoms with Gasteiger partial charge in [-0.3, -0.25) is 4.98 Å². The minimum absolute atomic E-state index is 0.0893. The molecular formula is C20H21N3O4S2. The van der Waals surface area contributed by atoms with E-state index in [1.54, 1.807) is 18.2 Å². The van der Waals surface area contributed by atoms with Crippen molar-refractivity contribution >= 4 is 20.0 Å². The molecule has 0 saturated heterocycles. The first-order valence-corrected chi connectivity index (χ1v) is 11.7. The fourth-order valence-corrected chi connectivity index (χ4v) is 4.87. The van der Waals surface area contributed by atoms with E-state index in [4.69, 9.17) is 0 Å². The van der Waals surface area contributed by atoms with Crippen LogP contribution in [0.1, 0.15) is 11.1 Å². The summed E-state index contributed by atoms with van der Waals surface area (Å²) in [4.78, 5) is 4.14. The summed E-state index contributed by atoms with van der Waals surface area (Å²) in [6.45, 7) is 0.265. The van der Waals surface area contributed by atoms with Crippen LogP contribution in [0.15, 0.2) is 88.9 Å². The highest BCUT2D eigenvalue weighted by molar-refractivity contribution is 7.89. The van der Waals surface area contributed by atoms with Crippen LogP contribution in [0.25, 0.3) is 0 Å². The van der Waals surface area contributed by atoms with Gasteiger partial charge in [-0.25, -0.2) is 21.6 Å². The molecule has 0 spiro atoms. The lowest BCUT2D eigenvalue weighted by molar-refractivity contribution is 0.401. The molecule has 2 aromatic carbocycles. The quantitative estimate of drug-likeness (QED) is 0.591. The molecule has 7 nitrogen and oxygen atoms in total. The zero-order chi connectivity index (χ0) is 20.9. The molecule has 0 bridgehead atoms. The van der Waals surface area contributed by atoms with E-state index in [2.05, 4.69) is 9.71 Å². The van der Waals surface area contributed by atoms with Gasteiger partial charge in [0.1, 0.15) is 4.90 Å². The van der Waals surface area contributed by atoms with Gasteiger partial charge in [0.05, 0.1) is 4.90 Å². The van der Waals surface area contributed by atoms with Crippen LogP contribution in [-0.4, -0.2) is 33.2 Å². The smallest absolute Gasteiger partial charge is 0.245 e. The van der Waals surface area contributed by atoms with E-state index >= 15 is 0 Å². The van der Waals surface area contributed by atoms with Crippen LogP contribution in [-0.2, 0) is 33.1 Å². The maximum atomic E-state index is 13.2. The van der Waals surface area contributed by atoms with Crippen LogP contribution >= 0.6 is 0 Å². The molecule has 0 saturated carbocycles. The Balaban J connectivity index is 1.93. The number of rotatable bonds is 8. The first-order chi connectivity index (χ1) is 13.8. The molecule has 1 heterocycles. The van der Waals surface area contributed by atoms with Gasteiger partial charge in [0.25, 0.3) is 0 Å². The molecule has 1 aromatic heterocycles. The zero-order valence-corrected chi connectivity index (χ0v) is 17.4. The lowest BCUT2D eigenvalue weighted by Crippen LogP contribution is -2.30. The molecule has 9 heteroatoms. The summed E-state index contributed by atoms with van der Waals surface area (Å²) in [6.07, 6.45) is 2.83. The minimum atomic E-state index is -3.80. The van der Waals surface area contributed by atoms with E-state index in [9.17, 15) is 16.8 Å². The molecule has 3 rings (SSSR count). The highest BCUT2D eigenvalue weighted by atomic mass is 32.2. The van der Waals surface area contributed by atoms with Gasteiger partial charge in [-0.05, 0) is 42.4 Å². The van der Waals surface area contributed by atoms with Crippen molar-refractivity contribution in [3.05, 3.63) is 90.3 Å². The average molecular weight is 432 g/mol. The van der Waals surface area contributed by atoms with Crippen molar-refractivity contribution in [1.29, 1.82) is 0 Å². The molecule has 152 valence electrons. The molecule has 0 aliphatic carbocycles. The van der Waals surface area contributed by atoms with Gasteiger partial charge < -0.3 is 0 Å². The topological polar surface area (TPSA) is 96.4 Å². The standard InChI is InChI=1S/C20H21N3O4S2/c1-21-28(24,25)19-11-9-18(10-12-19)16-23(15-17-6-3-2-4-7-17)29(26,27)20-8-5-13-22-14-20/h2-14,21H,15-16H2,1H3. The van der Waals surface area contributed by atoms with Crippen molar-refractivity contribution in [3.63, 3.8) is 0 Å². The fraction of sp³-hybridized carbons (Fsp3) is 0.150. The van der Waals surface area contributed by atoms with Crippen LogP contribution in [0, 0.1) is 0 Å². The van der Waals surface area contributed by atoms with Crippen molar-refractivity contribution in [2.24, 2.45) is 0 Å². The van der Waals surface area contributed by atoms with E-state index in [0.29, 0.717) is 5.56 Å². The predicted molar refractivity (Wildman–Crippen MR) is 110 cm³/mol. The highest BCUT2D eigenvalue weighted by Gasteiger charge is 2.25. The second-order valence-corrected chi connectivity index (χ2v) is 10.1. The maximum Gasteiger partial charge on any atom is 0.245 e. The van der Waals surface area contributed by atoms with Gasteiger partial charge in [-0.1, -0.05) is 42.5 Å². The number of pyridine rings is 1. The van der Waals surface area contributed by atoms with Gasteiger partial charge in [-0.2, -0.15) is 4.31 Å². The Kier molecular flexibility index (Phi) is 6.43. The van der Waals surface area contributed by atoms with E-state index < -0.39 is 20.0 Å². The Labute approximate surface area is 171 Å². The monoisotopic (exact) mass is 431 g/mol. The molecule has 3 aromatic rings. The summed E-state index contributed by atoms with van der Waals surface area (Å²) < 4.78 is 53.8. The highest BCUT2D eigenvalue weighted by Crippen LogP contribution is 2.21. The molecule has 0 atom stereocenters. The average Bonchev–Trinajstić information content (AvgIpc) is 2.75. The van der Waals surface area contributed by atoms with Crippen molar-refractivity contribution in [1.82, 2.24) is 14.0 Å². The van der Waals surface area contributed by atoms with Gasteiger partial charge in [0, 0.05) is 25.5 Å². The number of nitrogens with one attached hydrogen (secondary N) is 1. The molecule has 1 N–H and O–H groups in total. The fourth-order valence-electron chi connectivity index (χ4n) is 2.76. The Hall–Kier alpha value is -2.59. The summed E-state index contributed by atoms with van der Waals surface area (Å²) in [5, 5.41) is 0. The summed E-state index contributed by atoms with van der Waals surface area (Å²) in [5.74, 6) is 0. The third-order valence-electron chi connectivity index (χ3n) is 4.34. The predicted octanol–water partition coefficient (Wildman–Crippen LogP) is 2.38. The largest absolute Gasteiger partial charge is 0.263 e. The van der Waals surface area contributed by atoms with Crippen molar-refractivity contribution in [3.8, 4) is 0 Å². The van der Waals surface area contributed by atoms with Gasteiger partial charge in [-0.15, -0.1) is 0 Å². The first kappa shape index (κ1) is 21.1. The first-order valence-electron chi connectivity index (χ1n) is 8.79. The van der Waals surface area contributed by atoms with Gasteiger partial charge in [0.2, 0.25) is 20.0 Å². The number of hydrogen-bond acceptors (Lipinski definition) is 5. The lowest BCUT2D eigenvalue weighted by Gasteiger charge is -2.22. The zero-order valence-electron chi connectivity index (χ0n) is 15.8. The number of aromatic nitrogens is 1. The molecule has 0 unspecified atom stereocenters. The second-order valence-electron chi connectivity index (χ2n) is 6.30. The normalized spacial score (nSPS) is 12.2. The van der Waals surface area contributed by atoms with Crippen molar-refractivity contribution < 1.29 is 16.8 Å². The number of sulfonamides is 2. The minimum Gasteiger partial charge on any atom is -0.263 e. The molecule has 0 amide bonds. The van der Waals surface area contributed by atoms with E-state index in [1.807, 2.05) is 30.3 Å². The third-order valence-corrected chi connectivity index (χ3v) is 7.54. The second kappa shape index (κ2) is 8.83. The molecule has 0 aliphatic heterocycles. The van der Waals surface area contributed by atoms with Gasteiger partial charge in [0.15, 0.2) is 0 Å². The van der Waals surface area contributed by atoms with Crippen LogP contribution in [0.3, 0.4) is 0 Å². The molecule has 0 aliphatic rings. The number of hydrogen-bond donors (Lipinski definition) is 1. The molecule has 0 radical (unpaired) electrons. The maximum absolute atomic E-state index is 13.2. The van der Waals surface area contributed by atoms with Crippen LogP contribution in [0.4, 0.5) is 0 Å². The van der Waals surface area contributed by atoms with Crippen LogP contribution in [0.5, 0.6) is 0 Å². The van der Waals surface area contributed by atoms with Crippen LogP contribution in [0.2, 0.25) is 0 Å². The van der Waals surface area contributed by atoms with Gasteiger partial charge >= 0.3 is 0 Å². The van der Waals surface area contributed by atoms with E-state index in [-0.39, 0.29) is 22.9 Å². The van der Waals surface area contributed by atoms with Crippen LogP contribution < -0.4 is 4.72 Å². The van der Waals surface area contributed by atoms with E-state index in [1.165, 1.54) is 41.9 Å². The number of nitrogens with zero attached hydrogens (tertiary/aromatic N) is 2. The molecule has 0 fully saturated rings. The van der Waals surface area contributed by atoms with E-state index in [0.717, 1.165) is 5.56 Å². The van der Waals surface area contributed by atoms with Crippen molar-refractivity contribution in [2.75, 3.05) is 7.05 Å². The number of benzene rings is 2. The third kappa shape index (κ3) is 5.07. The Bertz CT molecular complexity index is 1150. The Morgan fingerprint density at radius 3 is 1.97 bits per heavy atom. The summed E-state index contributed by atoms with van der Waals surface area (Å²) in [5.41, 5.74) is 1.51. The SMILES string of the molecule is CNS(=O)(=O)c1ccc(CN(Cc2ccccc2)S(=O)(=O)c2cccnc2)cc1. The Morgan fingerprint density at radius 2 is 1.41 bits per heavy atom. The summed E-state index contributed by atoms with van der Waals surface area (Å²) in [6, 6.07) is 18.5. The summed E-state index contributed by atoms with van der Waals surface area (Å²) in [7, 11) is -6.02. The van der Waals surface area contributed by atoms with Crippen molar-refractivity contribution in [2.45, 2.75) is 22.9 Å². The Morgan fingerprint density at radius 1 is 0.793 bits per heavy atom.